The van der Waals surface area contributed by atoms with Crippen molar-refractivity contribution in [1.82, 2.24) is 10.6 Å². The van der Waals surface area contributed by atoms with Gasteiger partial charge in [-0.15, -0.1) is 0 Å². The van der Waals surface area contributed by atoms with Gasteiger partial charge in [0.15, 0.2) is 0 Å². The van der Waals surface area contributed by atoms with Gasteiger partial charge in [0.1, 0.15) is 0 Å². The van der Waals surface area contributed by atoms with Crippen molar-refractivity contribution < 1.29 is 0 Å². The Morgan fingerprint density at radius 1 is 0.692 bits per heavy atom. The van der Waals surface area contributed by atoms with Crippen LogP contribution in [0.1, 0.15) is 107 Å². The number of hydrogen-bond donors (Lipinski definition) is 2. The summed E-state index contributed by atoms with van der Waals surface area (Å²) in [5, 5.41) is 7.80. The molecule has 0 aromatic carbocycles. The van der Waals surface area contributed by atoms with Crippen molar-refractivity contribution in [1.29, 1.82) is 0 Å². The zero-order chi connectivity index (χ0) is 19.8. The maximum Gasteiger partial charge on any atom is 0.0221 e. The van der Waals surface area contributed by atoms with Crippen molar-refractivity contribution >= 4 is 0 Å². The molecule has 0 spiro atoms. The number of hydrogen-bond acceptors (Lipinski definition) is 2. The van der Waals surface area contributed by atoms with Crippen LogP contribution in [0.4, 0.5) is 0 Å². The standard InChI is InChI=1S/C24H50N2/c1-19(17-23(3,4)5)13-15-25-21-11-9-10-12-22(21)26-16-14-20(2)18-24(6,7)8/h19-22,25-26H,9-18H2,1-8H3/t19?,20?,21-,22-/m1/s1. The summed E-state index contributed by atoms with van der Waals surface area (Å²) in [7, 11) is 0. The highest BCUT2D eigenvalue weighted by atomic mass is 15.0. The molecule has 0 saturated heterocycles. The van der Waals surface area contributed by atoms with Gasteiger partial charge in [-0.3, -0.25) is 0 Å². The van der Waals surface area contributed by atoms with E-state index in [-0.39, 0.29) is 0 Å². The molecule has 0 aliphatic heterocycles. The predicted molar refractivity (Wildman–Crippen MR) is 118 cm³/mol. The lowest BCUT2D eigenvalue weighted by molar-refractivity contribution is 0.252. The van der Waals surface area contributed by atoms with Gasteiger partial charge >= 0.3 is 0 Å². The molecule has 0 bridgehead atoms. The van der Waals surface area contributed by atoms with Crippen LogP contribution in [0.5, 0.6) is 0 Å². The van der Waals surface area contributed by atoms with Gasteiger partial charge in [-0.1, -0.05) is 68.2 Å². The Morgan fingerprint density at radius 2 is 1.04 bits per heavy atom. The van der Waals surface area contributed by atoms with Gasteiger partial charge in [-0.25, -0.2) is 0 Å². The van der Waals surface area contributed by atoms with E-state index in [0.29, 0.717) is 22.9 Å². The highest BCUT2D eigenvalue weighted by Crippen LogP contribution is 2.27. The molecule has 0 amide bonds. The van der Waals surface area contributed by atoms with Crippen molar-refractivity contribution in [3.8, 4) is 0 Å². The molecule has 0 aromatic heterocycles. The van der Waals surface area contributed by atoms with Crippen molar-refractivity contribution in [3.05, 3.63) is 0 Å². The first-order valence-electron chi connectivity index (χ1n) is 11.4. The summed E-state index contributed by atoms with van der Waals surface area (Å²) in [6.45, 7) is 21.4. The van der Waals surface area contributed by atoms with E-state index in [1.165, 1.54) is 64.5 Å². The highest BCUT2D eigenvalue weighted by Gasteiger charge is 2.25. The van der Waals surface area contributed by atoms with Gasteiger partial charge in [0.2, 0.25) is 0 Å². The minimum absolute atomic E-state index is 0.456. The summed E-state index contributed by atoms with van der Waals surface area (Å²) < 4.78 is 0. The summed E-state index contributed by atoms with van der Waals surface area (Å²) in [6.07, 6.45) is 10.8. The summed E-state index contributed by atoms with van der Waals surface area (Å²) in [6, 6.07) is 1.37. The lowest BCUT2D eigenvalue weighted by atomic mass is 9.83. The fraction of sp³-hybridized carbons (Fsp3) is 1.00. The highest BCUT2D eigenvalue weighted by molar-refractivity contribution is 4.86. The van der Waals surface area contributed by atoms with Gasteiger partial charge in [-0.2, -0.15) is 0 Å². The third-order valence-corrected chi connectivity index (χ3v) is 5.77. The predicted octanol–water partition coefficient (Wildman–Crippen LogP) is 6.40. The Hall–Kier alpha value is -0.0800. The summed E-state index contributed by atoms with van der Waals surface area (Å²) in [5.74, 6) is 1.63. The van der Waals surface area contributed by atoms with Crippen LogP contribution in [-0.4, -0.2) is 25.2 Å². The van der Waals surface area contributed by atoms with Crippen LogP contribution in [0.25, 0.3) is 0 Å². The fourth-order valence-corrected chi connectivity index (χ4v) is 4.94. The fourth-order valence-electron chi connectivity index (χ4n) is 4.94. The molecule has 1 saturated carbocycles. The van der Waals surface area contributed by atoms with E-state index in [4.69, 9.17) is 0 Å². The Kier molecular flexibility index (Phi) is 10.2. The van der Waals surface area contributed by atoms with Crippen LogP contribution in [0.3, 0.4) is 0 Å². The molecule has 2 N–H and O–H groups in total. The second kappa shape index (κ2) is 11.1. The number of rotatable bonds is 10. The molecular weight excluding hydrogens is 316 g/mol. The van der Waals surface area contributed by atoms with Crippen molar-refractivity contribution in [2.24, 2.45) is 22.7 Å². The summed E-state index contributed by atoms with van der Waals surface area (Å²) in [5.41, 5.74) is 0.913. The van der Waals surface area contributed by atoms with Crippen molar-refractivity contribution in [2.45, 2.75) is 119 Å². The minimum atomic E-state index is 0.456. The van der Waals surface area contributed by atoms with Crippen molar-refractivity contribution in [3.63, 3.8) is 0 Å². The molecule has 1 fully saturated rings. The first-order chi connectivity index (χ1) is 12.0. The van der Waals surface area contributed by atoms with E-state index in [0.717, 1.165) is 11.8 Å². The Balaban J connectivity index is 2.29. The molecule has 1 rings (SSSR count). The van der Waals surface area contributed by atoms with E-state index < -0.39 is 0 Å². The molecular formula is C24H50N2. The van der Waals surface area contributed by atoms with Gasteiger partial charge in [0.05, 0.1) is 0 Å². The van der Waals surface area contributed by atoms with Crippen LogP contribution in [0.2, 0.25) is 0 Å². The second-order valence-corrected chi connectivity index (χ2v) is 11.7. The lowest BCUT2D eigenvalue weighted by Crippen LogP contribution is -2.50. The zero-order valence-electron chi connectivity index (χ0n) is 19.4. The quantitative estimate of drug-likeness (QED) is 0.467. The minimum Gasteiger partial charge on any atom is -0.312 e. The second-order valence-electron chi connectivity index (χ2n) is 11.7. The molecule has 0 radical (unpaired) electrons. The molecule has 2 unspecified atom stereocenters. The van der Waals surface area contributed by atoms with E-state index in [1.54, 1.807) is 0 Å². The molecule has 2 nitrogen and oxygen atoms in total. The molecule has 4 atom stereocenters. The van der Waals surface area contributed by atoms with E-state index in [9.17, 15) is 0 Å². The topological polar surface area (TPSA) is 24.1 Å². The molecule has 1 aliphatic rings. The summed E-state index contributed by atoms with van der Waals surface area (Å²) in [4.78, 5) is 0. The van der Waals surface area contributed by atoms with Crippen LogP contribution >= 0.6 is 0 Å². The molecule has 156 valence electrons. The third kappa shape index (κ3) is 11.6. The zero-order valence-corrected chi connectivity index (χ0v) is 19.4. The smallest absolute Gasteiger partial charge is 0.0221 e. The average Bonchev–Trinajstić information content (AvgIpc) is 2.45. The van der Waals surface area contributed by atoms with Gasteiger partial charge in [-0.05, 0) is 74.3 Å². The average molecular weight is 367 g/mol. The van der Waals surface area contributed by atoms with Crippen LogP contribution in [-0.2, 0) is 0 Å². The van der Waals surface area contributed by atoms with Crippen LogP contribution < -0.4 is 10.6 Å². The monoisotopic (exact) mass is 366 g/mol. The molecule has 26 heavy (non-hydrogen) atoms. The van der Waals surface area contributed by atoms with E-state index in [2.05, 4.69) is 66.0 Å². The van der Waals surface area contributed by atoms with Gasteiger partial charge < -0.3 is 10.6 Å². The van der Waals surface area contributed by atoms with Gasteiger partial charge in [0, 0.05) is 12.1 Å². The maximum atomic E-state index is 3.90. The first-order valence-corrected chi connectivity index (χ1v) is 11.4. The molecule has 0 heterocycles. The molecule has 2 heteroatoms. The van der Waals surface area contributed by atoms with Crippen LogP contribution in [0.15, 0.2) is 0 Å². The van der Waals surface area contributed by atoms with Gasteiger partial charge in [0.25, 0.3) is 0 Å². The third-order valence-electron chi connectivity index (χ3n) is 5.77. The SMILES string of the molecule is CC(CCN[C@@H]1CCCC[C@H]1NCCC(C)CC(C)(C)C)CC(C)(C)C. The first kappa shape index (κ1) is 24.0. The Bertz CT molecular complexity index is 327. The van der Waals surface area contributed by atoms with E-state index >= 15 is 0 Å². The molecule has 0 aromatic rings. The van der Waals surface area contributed by atoms with Crippen molar-refractivity contribution in [2.75, 3.05) is 13.1 Å². The Morgan fingerprint density at radius 3 is 1.35 bits per heavy atom. The lowest BCUT2D eigenvalue weighted by Gasteiger charge is -2.34. The maximum absolute atomic E-state index is 3.90. The normalized spacial score (nSPS) is 24.5. The number of nitrogens with one attached hydrogen (secondary N) is 2. The van der Waals surface area contributed by atoms with E-state index in [1.807, 2.05) is 0 Å². The largest absolute Gasteiger partial charge is 0.312 e. The summed E-state index contributed by atoms with van der Waals surface area (Å²) >= 11 is 0. The molecule has 1 aliphatic carbocycles. The van der Waals surface area contributed by atoms with Crippen LogP contribution in [0, 0.1) is 22.7 Å². The Labute approximate surface area is 165 Å².